The molecule has 0 N–H and O–H groups in total. The van der Waals surface area contributed by atoms with Crippen molar-refractivity contribution in [2.45, 2.75) is 17.0 Å². The zero-order chi connectivity index (χ0) is 11.6. The van der Waals surface area contributed by atoms with Crippen molar-refractivity contribution in [3.8, 4) is 0 Å². The highest BCUT2D eigenvalue weighted by Gasteiger charge is 2.29. The van der Waals surface area contributed by atoms with Gasteiger partial charge in [0.25, 0.3) is 0 Å². The first-order chi connectivity index (χ1) is 7.58. The molecule has 0 saturated carbocycles. The zero-order valence-electron chi connectivity index (χ0n) is 8.84. The molecule has 16 heavy (non-hydrogen) atoms. The van der Waals surface area contributed by atoms with Crippen LogP contribution < -0.4 is 0 Å². The minimum absolute atomic E-state index is 0.105. The van der Waals surface area contributed by atoms with E-state index < -0.39 is 10.0 Å². The predicted octanol–water partition coefficient (Wildman–Crippen LogP) is 1.99. The third-order valence-corrected chi connectivity index (χ3v) is 5.24. The summed E-state index contributed by atoms with van der Waals surface area (Å²) in [4.78, 5) is 0.304. The molecule has 1 heterocycles. The number of benzene rings is 1. The molecule has 1 aliphatic heterocycles. The van der Waals surface area contributed by atoms with Crippen molar-refractivity contribution in [3.05, 3.63) is 35.9 Å². The standard InChI is InChI=1S/C11H14BrNO2S/c12-11-6-7-13(8-11)16(14,15)9-10-4-2-1-3-5-10/h1-5,11H,6-9H2. The van der Waals surface area contributed by atoms with Crippen molar-refractivity contribution in [1.29, 1.82) is 0 Å². The number of nitrogens with zero attached hydrogens (tertiary/aromatic N) is 1. The molecule has 1 aromatic carbocycles. The molecule has 1 aliphatic rings. The van der Waals surface area contributed by atoms with Crippen LogP contribution in [0, 0.1) is 0 Å². The summed E-state index contributed by atoms with van der Waals surface area (Å²) in [7, 11) is -3.14. The molecule has 1 unspecified atom stereocenters. The van der Waals surface area contributed by atoms with Crippen LogP contribution in [0.5, 0.6) is 0 Å². The molecule has 1 atom stereocenters. The molecule has 88 valence electrons. The number of sulfonamides is 1. The van der Waals surface area contributed by atoms with Crippen molar-refractivity contribution in [3.63, 3.8) is 0 Å². The summed E-state index contributed by atoms with van der Waals surface area (Å²) >= 11 is 3.45. The molecule has 2 rings (SSSR count). The summed E-state index contributed by atoms with van der Waals surface area (Å²) in [6.45, 7) is 1.22. The maximum absolute atomic E-state index is 12.1. The topological polar surface area (TPSA) is 37.4 Å². The highest BCUT2D eigenvalue weighted by molar-refractivity contribution is 9.09. The van der Waals surface area contributed by atoms with Crippen LogP contribution in [0.15, 0.2) is 30.3 Å². The second kappa shape index (κ2) is 4.85. The van der Waals surface area contributed by atoms with Crippen LogP contribution in [0.4, 0.5) is 0 Å². The molecule has 5 heteroatoms. The van der Waals surface area contributed by atoms with E-state index in [9.17, 15) is 8.42 Å². The molecule has 3 nitrogen and oxygen atoms in total. The largest absolute Gasteiger partial charge is 0.218 e. The lowest BCUT2D eigenvalue weighted by molar-refractivity contribution is 0.477. The van der Waals surface area contributed by atoms with E-state index in [0.717, 1.165) is 12.0 Å². The molecule has 0 aromatic heterocycles. The smallest absolute Gasteiger partial charge is 0.212 e. The number of alkyl halides is 1. The van der Waals surface area contributed by atoms with Crippen molar-refractivity contribution in [2.75, 3.05) is 13.1 Å². The Bertz CT molecular complexity index is 446. The van der Waals surface area contributed by atoms with E-state index >= 15 is 0 Å². The van der Waals surface area contributed by atoms with Gasteiger partial charge in [-0.2, -0.15) is 0 Å². The van der Waals surface area contributed by atoms with Gasteiger partial charge >= 0.3 is 0 Å². The molecule has 1 aromatic rings. The van der Waals surface area contributed by atoms with E-state index in [1.807, 2.05) is 30.3 Å². The van der Waals surface area contributed by atoms with Crippen molar-refractivity contribution in [2.24, 2.45) is 0 Å². The highest BCUT2D eigenvalue weighted by Crippen LogP contribution is 2.21. The van der Waals surface area contributed by atoms with E-state index in [2.05, 4.69) is 15.9 Å². The first-order valence-electron chi connectivity index (χ1n) is 5.24. The summed E-state index contributed by atoms with van der Waals surface area (Å²) in [5.41, 5.74) is 0.848. The van der Waals surface area contributed by atoms with Gasteiger partial charge in [-0.15, -0.1) is 0 Å². The van der Waals surface area contributed by atoms with E-state index in [1.165, 1.54) is 0 Å². The summed E-state index contributed by atoms with van der Waals surface area (Å²) in [6, 6.07) is 9.31. The Morgan fingerprint density at radius 3 is 2.56 bits per heavy atom. The van der Waals surface area contributed by atoms with Gasteiger partial charge in [0.2, 0.25) is 10.0 Å². The van der Waals surface area contributed by atoms with E-state index in [4.69, 9.17) is 0 Å². The molecule has 0 spiro atoms. The minimum Gasteiger partial charge on any atom is -0.212 e. The van der Waals surface area contributed by atoms with Gasteiger partial charge in [-0.25, -0.2) is 12.7 Å². The van der Waals surface area contributed by atoms with Crippen LogP contribution in [0.25, 0.3) is 0 Å². The first-order valence-corrected chi connectivity index (χ1v) is 7.76. The monoisotopic (exact) mass is 303 g/mol. The van der Waals surface area contributed by atoms with Gasteiger partial charge in [0.15, 0.2) is 0 Å². The fourth-order valence-electron chi connectivity index (χ4n) is 1.82. The van der Waals surface area contributed by atoms with Crippen LogP contribution in [0.1, 0.15) is 12.0 Å². The number of hydrogen-bond acceptors (Lipinski definition) is 2. The molecule has 0 radical (unpaired) electrons. The minimum atomic E-state index is -3.14. The van der Waals surface area contributed by atoms with Crippen LogP contribution >= 0.6 is 15.9 Å². The maximum atomic E-state index is 12.1. The summed E-state index contributed by atoms with van der Waals surface area (Å²) in [6.07, 6.45) is 0.897. The fraction of sp³-hybridized carbons (Fsp3) is 0.455. The second-order valence-corrected chi connectivity index (χ2v) is 7.25. The lowest BCUT2D eigenvalue weighted by atomic mass is 10.2. The zero-order valence-corrected chi connectivity index (χ0v) is 11.2. The van der Waals surface area contributed by atoms with Gasteiger partial charge in [0, 0.05) is 17.9 Å². The lowest BCUT2D eigenvalue weighted by Gasteiger charge is -2.15. The molecular formula is C11H14BrNO2S. The summed E-state index contributed by atoms with van der Waals surface area (Å²) < 4.78 is 25.7. The second-order valence-electron chi connectivity index (χ2n) is 3.99. The predicted molar refractivity (Wildman–Crippen MR) is 68.0 cm³/mol. The van der Waals surface area contributed by atoms with Crippen molar-refractivity contribution < 1.29 is 8.42 Å². The van der Waals surface area contributed by atoms with Gasteiger partial charge in [-0.3, -0.25) is 0 Å². The Balaban J connectivity index is 2.09. The summed E-state index contributed by atoms with van der Waals surface area (Å²) in [5.74, 6) is 0.105. The van der Waals surface area contributed by atoms with Crippen molar-refractivity contribution >= 4 is 26.0 Å². The first kappa shape index (κ1) is 12.1. The van der Waals surface area contributed by atoms with E-state index in [0.29, 0.717) is 17.9 Å². The van der Waals surface area contributed by atoms with Crippen LogP contribution in [0.3, 0.4) is 0 Å². The Morgan fingerprint density at radius 2 is 2.00 bits per heavy atom. The van der Waals surface area contributed by atoms with E-state index in [-0.39, 0.29) is 5.75 Å². The quantitative estimate of drug-likeness (QED) is 0.801. The molecule has 0 aliphatic carbocycles. The Labute approximate surface area is 105 Å². The Kier molecular flexibility index (Phi) is 3.66. The van der Waals surface area contributed by atoms with Gasteiger partial charge in [-0.1, -0.05) is 46.3 Å². The molecule has 0 amide bonds. The van der Waals surface area contributed by atoms with Crippen LogP contribution in [0.2, 0.25) is 0 Å². The molecule has 0 bridgehead atoms. The molecule has 1 saturated heterocycles. The highest BCUT2D eigenvalue weighted by atomic mass is 79.9. The van der Waals surface area contributed by atoms with Gasteiger partial charge in [0.1, 0.15) is 0 Å². The normalized spacial score (nSPS) is 22.4. The average molecular weight is 304 g/mol. The van der Waals surface area contributed by atoms with Gasteiger partial charge in [-0.05, 0) is 12.0 Å². The average Bonchev–Trinajstić information content (AvgIpc) is 2.66. The number of halogens is 1. The Morgan fingerprint density at radius 1 is 1.31 bits per heavy atom. The fourth-order valence-corrected chi connectivity index (χ4v) is 4.15. The SMILES string of the molecule is O=S(=O)(Cc1ccccc1)N1CCC(Br)C1. The Hall–Kier alpha value is -0.390. The van der Waals surface area contributed by atoms with Crippen molar-refractivity contribution in [1.82, 2.24) is 4.31 Å². The summed E-state index contributed by atoms with van der Waals surface area (Å²) in [5, 5.41) is 0. The molecular weight excluding hydrogens is 290 g/mol. The van der Waals surface area contributed by atoms with Gasteiger partial charge < -0.3 is 0 Å². The van der Waals surface area contributed by atoms with Gasteiger partial charge in [0.05, 0.1) is 5.75 Å². The molecule has 1 fully saturated rings. The van der Waals surface area contributed by atoms with E-state index in [1.54, 1.807) is 4.31 Å². The number of hydrogen-bond donors (Lipinski definition) is 0. The van der Waals surface area contributed by atoms with Crippen LogP contribution in [-0.2, 0) is 15.8 Å². The third-order valence-electron chi connectivity index (χ3n) is 2.68. The maximum Gasteiger partial charge on any atom is 0.218 e. The number of rotatable bonds is 3. The lowest BCUT2D eigenvalue weighted by Crippen LogP contribution is -2.30. The third kappa shape index (κ3) is 2.84. The van der Waals surface area contributed by atoms with Crippen LogP contribution in [-0.4, -0.2) is 30.6 Å².